The van der Waals surface area contributed by atoms with E-state index in [0.29, 0.717) is 18.7 Å². The average Bonchev–Trinajstić information content (AvgIpc) is 2.61. The standard InChI is InChI=1S/C17H18F3N5O2/c18-6-13(21)14-15(22-8-10-3-4-27-10)16(26)25-17(24-14)23-7-9-1-2-11(19)12(20)5-9/h1-2,5,10,21-22H,3-4,6-8H2,(H2,23,24,25,26). The fourth-order valence-corrected chi connectivity index (χ4v) is 2.50. The van der Waals surface area contributed by atoms with Crippen LogP contribution >= 0.6 is 0 Å². The van der Waals surface area contributed by atoms with Gasteiger partial charge in [0.2, 0.25) is 5.95 Å². The molecule has 144 valence electrons. The van der Waals surface area contributed by atoms with Gasteiger partial charge in [0.15, 0.2) is 11.6 Å². The summed E-state index contributed by atoms with van der Waals surface area (Å²) in [6, 6.07) is 3.38. The van der Waals surface area contributed by atoms with Gasteiger partial charge in [0.05, 0.1) is 11.8 Å². The van der Waals surface area contributed by atoms with Crippen molar-refractivity contribution in [2.45, 2.75) is 19.1 Å². The van der Waals surface area contributed by atoms with Crippen LogP contribution in [0, 0.1) is 17.0 Å². The van der Waals surface area contributed by atoms with Gasteiger partial charge in [-0.05, 0) is 24.1 Å². The summed E-state index contributed by atoms with van der Waals surface area (Å²) < 4.78 is 44.5. The molecule has 1 aliphatic heterocycles. The van der Waals surface area contributed by atoms with Crippen molar-refractivity contribution in [3.8, 4) is 0 Å². The Morgan fingerprint density at radius 3 is 2.74 bits per heavy atom. The Bertz CT molecular complexity index is 899. The summed E-state index contributed by atoms with van der Waals surface area (Å²) in [5, 5.41) is 13.3. The second-order valence-electron chi connectivity index (χ2n) is 6.01. The van der Waals surface area contributed by atoms with Crippen LogP contribution in [0.4, 0.5) is 24.8 Å². The van der Waals surface area contributed by atoms with Gasteiger partial charge in [-0.3, -0.25) is 9.78 Å². The van der Waals surface area contributed by atoms with E-state index in [4.69, 9.17) is 10.1 Å². The van der Waals surface area contributed by atoms with Gasteiger partial charge in [-0.1, -0.05) is 6.07 Å². The van der Waals surface area contributed by atoms with E-state index in [9.17, 15) is 18.0 Å². The van der Waals surface area contributed by atoms with Crippen molar-refractivity contribution in [2.75, 3.05) is 30.5 Å². The highest BCUT2D eigenvalue weighted by Crippen LogP contribution is 2.16. The molecule has 4 N–H and O–H groups in total. The molecule has 0 amide bonds. The molecule has 1 atom stereocenters. The lowest BCUT2D eigenvalue weighted by Crippen LogP contribution is -2.35. The van der Waals surface area contributed by atoms with E-state index < -0.39 is 29.6 Å². The molecule has 10 heteroatoms. The van der Waals surface area contributed by atoms with Gasteiger partial charge in [0.1, 0.15) is 18.1 Å². The Morgan fingerprint density at radius 1 is 1.33 bits per heavy atom. The highest BCUT2D eigenvalue weighted by molar-refractivity contribution is 6.02. The number of halogens is 3. The van der Waals surface area contributed by atoms with E-state index in [2.05, 4.69) is 20.6 Å². The summed E-state index contributed by atoms with van der Waals surface area (Å²) >= 11 is 0. The summed E-state index contributed by atoms with van der Waals surface area (Å²) in [6.07, 6.45) is 0.810. The minimum absolute atomic E-state index is 0.00785. The Balaban J connectivity index is 1.78. The molecule has 0 radical (unpaired) electrons. The van der Waals surface area contributed by atoms with Crippen molar-refractivity contribution in [1.82, 2.24) is 9.97 Å². The number of anilines is 2. The second kappa shape index (κ2) is 8.21. The molecule has 0 spiro atoms. The first-order chi connectivity index (χ1) is 13.0. The normalized spacial score (nSPS) is 15.9. The fourth-order valence-electron chi connectivity index (χ4n) is 2.50. The number of rotatable bonds is 8. The Hall–Kier alpha value is -2.88. The Morgan fingerprint density at radius 2 is 2.11 bits per heavy atom. The number of benzene rings is 1. The predicted molar refractivity (Wildman–Crippen MR) is 94.2 cm³/mol. The number of nitrogens with one attached hydrogen (secondary N) is 4. The van der Waals surface area contributed by atoms with Crippen molar-refractivity contribution in [1.29, 1.82) is 5.41 Å². The zero-order valence-electron chi connectivity index (χ0n) is 14.2. The number of H-pyrrole nitrogens is 1. The van der Waals surface area contributed by atoms with Crippen molar-refractivity contribution in [2.24, 2.45) is 0 Å². The molecule has 27 heavy (non-hydrogen) atoms. The lowest BCUT2D eigenvalue weighted by Gasteiger charge is -2.27. The molecule has 0 aliphatic carbocycles. The van der Waals surface area contributed by atoms with Gasteiger partial charge in [-0.2, -0.15) is 0 Å². The van der Waals surface area contributed by atoms with Gasteiger partial charge in [0.25, 0.3) is 5.56 Å². The molecule has 1 aliphatic rings. The molecule has 0 bridgehead atoms. The number of nitrogens with zero attached hydrogens (tertiary/aromatic N) is 1. The quantitative estimate of drug-likeness (QED) is 0.525. The van der Waals surface area contributed by atoms with E-state index >= 15 is 0 Å². The maximum Gasteiger partial charge on any atom is 0.276 e. The van der Waals surface area contributed by atoms with E-state index in [-0.39, 0.29) is 30.0 Å². The number of aromatic amines is 1. The number of aromatic nitrogens is 2. The molecule has 1 fully saturated rings. The van der Waals surface area contributed by atoms with Crippen LogP contribution in [-0.2, 0) is 11.3 Å². The van der Waals surface area contributed by atoms with Gasteiger partial charge >= 0.3 is 0 Å². The lowest BCUT2D eigenvalue weighted by atomic mass is 10.1. The zero-order chi connectivity index (χ0) is 19.4. The predicted octanol–water partition coefficient (Wildman–Crippen LogP) is 2.20. The monoisotopic (exact) mass is 381 g/mol. The molecule has 2 heterocycles. The number of ether oxygens (including phenoxy) is 1. The number of hydrogen-bond acceptors (Lipinski definition) is 6. The molecule has 2 aromatic rings. The largest absolute Gasteiger partial charge is 0.376 e. The molecule has 1 aromatic heterocycles. The summed E-state index contributed by atoms with van der Waals surface area (Å²) in [7, 11) is 0. The Kier molecular flexibility index (Phi) is 5.75. The van der Waals surface area contributed by atoms with Crippen molar-refractivity contribution >= 4 is 17.3 Å². The highest BCUT2D eigenvalue weighted by atomic mass is 19.2. The van der Waals surface area contributed by atoms with Gasteiger partial charge in [-0.15, -0.1) is 0 Å². The van der Waals surface area contributed by atoms with Crippen LogP contribution in [-0.4, -0.2) is 41.6 Å². The molecule has 1 saturated heterocycles. The SMILES string of the molecule is N=C(CF)c1nc(NCc2ccc(F)c(F)c2)[nH]c(=O)c1NCC1CCO1. The van der Waals surface area contributed by atoms with E-state index in [0.717, 1.165) is 18.6 Å². The summed E-state index contributed by atoms with van der Waals surface area (Å²) in [5.74, 6) is -1.97. The summed E-state index contributed by atoms with van der Waals surface area (Å²) in [6.45, 7) is -0.0428. The first kappa shape index (κ1) is 18.9. The summed E-state index contributed by atoms with van der Waals surface area (Å²) in [5.41, 5.74) is -0.734. The van der Waals surface area contributed by atoms with E-state index in [1.807, 2.05) is 0 Å². The topological polar surface area (TPSA) is 103 Å². The third-order valence-electron chi connectivity index (χ3n) is 4.08. The van der Waals surface area contributed by atoms with Crippen LogP contribution in [0.3, 0.4) is 0 Å². The van der Waals surface area contributed by atoms with Crippen LogP contribution in [0.15, 0.2) is 23.0 Å². The minimum atomic E-state index is -1.09. The van der Waals surface area contributed by atoms with E-state index in [1.54, 1.807) is 0 Å². The fraction of sp³-hybridized carbons (Fsp3) is 0.353. The van der Waals surface area contributed by atoms with E-state index in [1.165, 1.54) is 6.07 Å². The second-order valence-corrected chi connectivity index (χ2v) is 6.01. The van der Waals surface area contributed by atoms with Crippen LogP contribution in [0.5, 0.6) is 0 Å². The maximum atomic E-state index is 13.3. The number of alkyl halides is 1. The lowest BCUT2D eigenvalue weighted by molar-refractivity contribution is -0.0410. The van der Waals surface area contributed by atoms with Crippen molar-refractivity contribution in [3.05, 3.63) is 51.4 Å². The smallest absolute Gasteiger partial charge is 0.276 e. The molecule has 0 saturated carbocycles. The number of hydrogen-bond donors (Lipinski definition) is 4. The van der Waals surface area contributed by atoms with Crippen LogP contribution in [0.25, 0.3) is 0 Å². The molecule has 7 nitrogen and oxygen atoms in total. The first-order valence-electron chi connectivity index (χ1n) is 8.29. The maximum absolute atomic E-state index is 13.3. The van der Waals surface area contributed by atoms with Gasteiger partial charge in [-0.25, -0.2) is 18.2 Å². The van der Waals surface area contributed by atoms with Crippen molar-refractivity contribution < 1.29 is 17.9 Å². The molecule has 1 aromatic carbocycles. The third kappa shape index (κ3) is 4.45. The molecular formula is C17H18F3N5O2. The van der Waals surface area contributed by atoms with Crippen molar-refractivity contribution in [3.63, 3.8) is 0 Å². The highest BCUT2D eigenvalue weighted by Gasteiger charge is 2.21. The molecular weight excluding hydrogens is 363 g/mol. The van der Waals surface area contributed by atoms with Gasteiger partial charge in [0, 0.05) is 19.7 Å². The summed E-state index contributed by atoms with van der Waals surface area (Å²) in [4.78, 5) is 18.9. The van der Waals surface area contributed by atoms with Crippen LogP contribution in [0.2, 0.25) is 0 Å². The first-order valence-corrected chi connectivity index (χ1v) is 8.29. The van der Waals surface area contributed by atoms with Crippen LogP contribution in [0.1, 0.15) is 17.7 Å². The third-order valence-corrected chi connectivity index (χ3v) is 4.08. The van der Waals surface area contributed by atoms with Crippen LogP contribution < -0.4 is 16.2 Å². The zero-order valence-corrected chi connectivity index (χ0v) is 14.2. The molecule has 1 unspecified atom stereocenters. The average molecular weight is 381 g/mol. The molecule has 3 rings (SSSR count). The van der Waals surface area contributed by atoms with Gasteiger partial charge < -0.3 is 20.8 Å². The Labute approximate surface area is 152 Å². The minimum Gasteiger partial charge on any atom is -0.376 e.